The predicted octanol–water partition coefficient (Wildman–Crippen LogP) is 3.45. The molecule has 0 spiro atoms. The van der Waals surface area contributed by atoms with Crippen LogP contribution in [0.15, 0.2) is 42.5 Å². The Hall–Kier alpha value is -2.65. The maximum absolute atomic E-state index is 13.2. The molecule has 0 unspecified atom stereocenters. The largest absolute Gasteiger partial charge is 0.462 e. The third-order valence-electron chi connectivity index (χ3n) is 3.90. The SMILES string of the molecule is CCOC(=O)c1ccc(NC(=O)[C@@H](C)N(c2ccc(F)cc2)S(C)(=O)=O)cc1Cl. The molecule has 2 rings (SSSR count). The number of nitrogens with zero attached hydrogens (tertiary/aromatic N) is 1. The third kappa shape index (κ3) is 5.68. The summed E-state index contributed by atoms with van der Waals surface area (Å²) >= 11 is 6.07. The van der Waals surface area contributed by atoms with Gasteiger partial charge in [0.2, 0.25) is 15.9 Å². The molecule has 0 bridgehead atoms. The lowest BCUT2D eigenvalue weighted by Gasteiger charge is -2.28. The predicted molar refractivity (Wildman–Crippen MR) is 109 cm³/mol. The average molecular weight is 443 g/mol. The molecule has 7 nitrogen and oxygen atoms in total. The van der Waals surface area contributed by atoms with Gasteiger partial charge in [0.25, 0.3) is 0 Å². The van der Waals surface area contributed by atoms with Gasteiger partial charge in [0.05, 0.1) is 29.1 Å². The molecular formula is C19H20ClFN2O5S. The molecule has 0 aliphatic carbocycles. The summed E-state index contributed by atoms with van der Waals surface area (Å²) in [6, 6.07) is 7.81. The Morgan fingerprint density at radius 3 is 2.34 bits per heavy atom. The van der Waals surface area contributed by atoms with E-state index in [0.717, 1.165) is 22.7 Å². The van der Waals surface area contributed by atoms with Crippen molar-refractivity contribution in [2.75, 3.05) is 22.5 Å². The van der Waals surface area contributed by atoms with E-state index in [-0.39, 0.29) is 28.6 Å². The number of amides is 1. The molecule has 1 atom stereocenters. The van der Waals surface area contributed by atoms with Crippen LogP contribution in [0.3, 0.4) is 0 Å². The molecule has 10 heteroatoms. The number of ether oxygens (including phenoxy) is 1. The Morgan fingerprint density at radius 1 is 1.21 bits per heavy atom. The van der Waals surface area contributed by atoms with Crippen LogP contribution in [0.1, 0.15) is 24.2 Å². The summed E-state index contributed by atoms with van der Waals surface area (Å²) in [7, 11) is -3.84. The van der Waals surface area contributed by atoms with Gasteiger partial charge in [0.1, 0.15) is 11.9 Å². The standard InChI is InChI=1S/C19H20ClFN2O5S/c1-4-28-19(25)16-10-7-14(11-17(16)20)22-18(24)12(2)23(29(3,26)27)15-8-5-13(21)6-9-15/h5-12H,4H2,1-3H3,(H,22,24)/t12-/m1/s1. The van der Waals surface area contributed by atoms with Crippen molar-refractivity contribution in [2.24, 2.45) is 0 Å². The van der Waals surface area contributed by atoms with Crippen LogP contribution in [0.4, 0.5) is 15.8 Å². The minimum atomic E-state index is -3.84. The summed E-state index contributed by atoms with van der Waals surface area (Å²) in [5.41, 5.74) is 0.559. The molecule has 0 aliphatic heterocycles. The highest BCUT2D eigenvalue weighted by Gasteiger charge is 2.29. The molecule has 156 valence electrons. The van der Waals surface area contributed by atoms with E-state index in [9.17, 15) is 22.4 Å². The van der Waals surface area contributed by atoms with Crippen LogP contribution in [0, 0.1) is 5.82 Å². The lowest BCUT2D eigenvalue weighted by molar-refractivity contribution is -0.116. The van der Waals surface area contributed by atoms with Gasteiger partial charge in [-0.25, -0.2) is 17.6 Å². The normalized spacial score (nSPS) is 12.2. The fraction of sp³-hybridized carbons (Fsp3) is 0.263. The molecule has 0 radical (unpaired) electrons. The van der Waals surface area contributed by atoms with Crippen LogP contribution in [0.2, 0.25) is 5.02 Å². The number of halogens is 2. The number of benzene rings is 2. The van der Waals surface area contributed by atoms with E-state index in [1.165, 1.54) is 37.3 Å². The van der Waals surface area contributed by atoms with Crippen LogP contribution in [0.25, 0.3) is 0 Å². The fourth-order valence-corrected chi connectivity index (χ4v) is 4.04. The Balaban J connectivity index is 2.25. The second-order valence-corrected chi connectivity index (χ2v) is 8.38. The van der Waals surface area contributed by atoms with Gasteiger partial charge in [0, 0.05) is 5.69 Å². The summed E-state index contributed by atoms with van der Waals surface area (Å²) < 4.78 is 43.4. The number of esters is 1. The minimum absolute atomic E-state index is 0.0763. The highest BCUT2D eigenvalue weighted by atomic mass is 35.5. The second-order valence-electron chi connectivity index (χ2n) is 6.12. The van der Waals surface area contributed by atoms with Gasteiger partial charge < -0.3 is 10.1 Å². The number of nitrogens with one attached hydrogen (secondary N) is 1. The Morgan fingerprint density at radius 2 is 1.83 bits per heavy atom. The molecule has 0 fully saturated rings. The topological polar surface area (TPSA) is 92.8 Å². The fourth-order valence-electron chi connectivity index (χ4n) is 2.61. The lowest BCUT2D eigenvalue weighted by Crippen LogP contribution is -2.45. The maximum atomic E-state index is 13.2. The van der Waals surface area contributed by atoms with Gasteiger partial charge in [-0.2, -0.15) is 0 Å². The van der Waals surface area contributed by atoms with Crippen molar-refractivity contribution in [3.8, 4) is 0 Å². The Kier molecular flexibility index (Phi) is 7.21. The van der Waals surface area contributed by atoms with Crippen molar-refractivity contribution < 1.29 is 27.1 Å². The third-order valence-corrected chi connectivity index (χ3v) is 5.46. The molecule has 0 saturated heterocycles. The lowest BCUT2D eigenvalue weighted by atomic mass is 10.2. The first kappa shape index (κ1) is 22.6. The van der Waals surface area contributed by atoms with Crippen molar-refractivity contribution in [1.29, 1.82) is 0 Å². The van der Waals surface area contributed by atoms with E-state index in [1.807, 2.05) is 0 Å². The first-order valence-corrected chi connectivity index (χ1v) is 10.8. The van der Waals surface area contributed by atoms with Crippen LogP contribution in [-0.2, 0) is 19.6 Å². The summed E-state index contributed by atoms with van der Waals surface area (Å²) in [5, 5.41) is 2.63. The molecular weight excluding hydrogens is 423 g/mol. The molecule has 0 saturated carbocycles. The summed E-state index contributed by atoms with van der Waals surface area (Å²) in [5.74, 6) is -1.77. The van der Waals surface area contributed by atoms with Gasteiger partial charge in [0.15, 0.2) is 0 Å². The van der Waals surface area contributed by atoms with Crippen LogP contribution in [-0.4, -0.2) is 39.2 Å². The zero-order valence-electron chi connectivity index (χ0n) is 16.0. The molecule has 29 heavy (non-hydrogen) atoms. The van der Waals surface area contributed by atoms with Gasteiger partial charge in [-0.05, 0) is 56.3 Å². The van der Waals surface area contributed by atoms with Crippen LogP contribution in [0.5, 0.6) is 0 Å². The van der Waals surface area contributed by atoms with Crippen molar-refractivity contribution in [3.05, 3.63) is 58.9 Å². The number of carbonyl (C=O) groups excluding carboxylic acids is 2. The zero-order chi connectivity index (χ0) is 21.8. The van der Waals surface area contributed by atoms with E-state index in [0.29, 0.717) is 0 Å². The minimum Gasteiger partial charge on any atom is -0.462 e. The summed E-state index contributed by atoms with van der Waals surface area (Å²) in [6.45, 7) is 3.25. The number of carbonyl (C=O) groups is 2. The van der Waals surface area contributed by atoms with E-state index in [2.05, 4.69) is 5.32 Å². The summed E-state index contributed by atoms with van der Waals surface area (Å²) in [6.07, 6.45) is 0.950. The van der Waals surface area contributed by atoms with E-state index < -0.39 is 33.8 Å². The van der Waals surface area contributed by atoms with E-state index in [4.69, 9.17) is 16.3 Å². The first-order valence-electron chi connectivity index (χ1n) is 8.57. The highest BCUT2D eigenvalue weighted by molar-refractivity contribution is 7.92. The molecule has 0 aromatic heterocycles. The van der Waals surface area contributed by atoms with Crippen molar-refractivity contribution in [2.45, 2.75) is 19.9 Å². The van der Waals surface area contributed by atoms with Crippen molar-refractivity contribution >= 4 is 44.9 Å². The Labute approximate surface area is 173 Å². The molecule has 2 aromatic carbocycles. The van der Waals surface area contributed by atoms with Crippen LogP contribution < -0.4 is 9.62 Å². The first-order chi connectivity index (χ1) is 13.5. The Bertz CT molecular complexity index is 1010. The van der Waals surface area contributed by atoms with Gasteiger partial charge >= 0.3 is 5.97 Å². The van der Waals surface area contributed by atoms with E-state index in [1.54, 1.807) is 6.92 Å². The number of hydrogen-bond acceptors (Lipinski definition) is 5. The van der Waals surface area contributed by atoms with E-state index >= 15 is 0 Å². The number of anilines is 2. The number of sulfonamides is 1. The number of rotatable bonds is 7. The zero-order valence-corrected chi connectivity index (χ0v) is 17.6. The quantitative estimate of drug-likeness (QED) is 0.663. The number of hydrogen-bond donors (Lipinski definition) is 1. The highest BCUT2D eigenvalue weighted by Crippen LogP contribution is 2.24. The second kappa shape index (κ2) is 9.23. The molecule has 0 heterocycles. The van der Waals surface area contributed by atoms with Gasteiger partial charge in [-0.3, -0.25) is 9.10 Å². The van der Waals surface area contributed by atoms with Crippen molar-refractivity contribution in [3.63, 3.8) is 0 Å². The van der Waals surface area contributed by atoms with Gasteiger partial charge in [-0.1, -0.05) is 11.6 Å². The summed E-state index contributed by atoms with van der Waals surface area (Å²) in [4.78, 5) is 24.4. The monoisotopic (exact) mass is 442 g/mol. The molecule has 1 N–H and O–H groups in total. The molecule has 0 aliphatic rings. The van der Waals surface area contributed by atoms with Crippen molar-refractivity contribution in [1.82, 2.24) is 0 Å². The maximum Gasteiger partial charge on any atom is 0.339 e. The van der Waals surface area contributed by atoms with Gasteiger partial charge in [-0.15, -0.1) is 0 Å². The molecule has 1 amide bonds. The van der Waals surface area contributed by atoms with Crippen LogP contribution >= 0.6 is 11.6 Å². The average Bonchev–Trinajstić information content (AvgIpc) is 2.62. The molecule has 2 aromatic rings. The smallest absolute Gasteiger partial charge is 0.339 e.